The Labute approximate surface area is 126 Å². The lowest BCUT2D eigenvalue weighted by Crippen LogP contribution is -2.49. The van der Waals surface area contributed by atoms with Gasteiger partial charge in [0, 0.05) is 5.41 Å². The molecule has 1 saturated carbocycles. The van der Waals surface area contributed by atoms with Gasteiger partial charge >= 0.3 is 0 Å². The van der Waals surface area contributed by atoms with Crippen LogP contribution in [0.15, 0.2) is 18.2 Å². The summed E-state index contributed by atoms with van der Waals surface area (Å²) < 4.78 is -0.166. The smallest absolute Gasteiger partial charge is 0.115 e. The molecule has 0 spiro atoms. The van der Waals surface area contributed by atoms with Crippen LogP contribution >= 0.6 is 25.3 Å². The quantitative estimate of drug-likeness (QED) is 0.512. The van der Waals surface area contributed by atoms with Crippen molar-refractivity contribution in [3.63, 3.8) is 0 Å². The molecule has 0 aromatic heterocycles. The van der Waals surface area contributed by atoms with Crippen LogP contribution in [0.1, 0.15) is 56.1 Å². The number of fused-ring (bicyclic) bond motifs is 3. The topological polar surface area (TPSA) is 20.2 Å². The van der Waals surface area contributed by atoms with E-state index in [4.69, 9.17) is 25.3 Å². The molecule has 2 aliphatic rings. The molecular weight excluding hydrogens is 272 g/mol. The Hall–Kier alpha value is -0.280. The number of rotatable bonds is 1. The molecule has 2 atom stereocenters. The Bertz CT molecular complexity index is 498. The fraction of sp³-hybridized carbons (Fsp3) is 0.625. The first-order valence-corrected chi connectivity index (χ1v) is 8.16. The summed E-state index contributed by atoms with van der Waals surface area (Å²) in [6.07, 6.45) is 6.82. The second-order valence-electron chi connectivity index (χ2n) is 6.15. The van der Waals surface area contributed by atoms with Crippen LogP contribution in [0.2, 0.25) is 0 Å². The van der Waals surface area contributed by atoms with Crippen molar-refractivity contribution in [2.75, 3.05) is 0 Å². The molecule has 0 radical (unpaired) electrons. The summed E-state index contributed by atoms with van der Waals surface area (Å²) in [5, 5.41) is 9.68. The van der Waals surface area contributed by atoms with Crippen molar-refractivity contribution >= 4 is 25.3 Å². The van der Waals surface area contributed by atoms with Crippen molar-refractivity contribution < 1.29 is 5.11 Å². The van der Waals surface area contributed by atoms with E-state index in [0.29, 0.717) is 11.7 Å². The number of hydrogen-bond donors (Lipinski definition) is 3. The molecule has 1 aromatic rings. The molecule has 0 aliphatic heterocycles. The predicted molar refractivity (Wildman–Crippen MR) is 86.4 cm³/mol. The van der Waals surface area contributed by atoms with E-state index in [1.165, 1.54) is 24.0 Å². The lowest BCUT2D eigenvalue weighted by atomic mass is 9.56. The van der Waals surface area contributed by atoms with Gasteiger partial charge < -0.3 is 5.11 Å². The van der Waals surface area contributed by atoms with Gasteiger partial charge in [-0.2, -0.15) is 25.3 Å². The summed E-state index contributed by atoms with van der Waals surface area (Å²) in [6, 6.07) is 5.90. The number of thiol groups is 2. The lowest BCUT2D eigenvalue weighted by Gasteiger charge is -2.56. The number of phenolic OH excluding ortho intramolecular Hbond substituents is 1. The Balaban J connectivity index is 2.11. The van der Waals surface area contributed by atoms with Gasteiger partial charge in [-0.1, -0.05) is 19.4 Å². The average molecular weight is 294 g/mol. The van der Waals surface area contributed by atoms with Crippen LogP contribution in [0.5, 0.6) is 5.75 Å². The third-order valence-electron chi connectivity index (χ3n) is 5.46. The van der Waals surface area contributed by atoms with Crippen LogP contribution in [0, 0.1) is 5.41 Å². The van der Waals surface area contributed by atoms with Gasteiger partial charge in [0.25, 0.3) is 0 Å². The van der Waals surface area contributed by atoms with Gasteiger partial charge in [-0.15, -0.1) is 0 Å². The van der Waals surface area contributed by atoms with Crippen molar-refractivity contribution in [3.8, 4) is 5.75 Å². The van der Waals surface area contributed by atoms with Gasteiger partial charge in [0.1, 0.15) is 5.75 Å². The molecule has 2 aliphatic carbocycles. The highest BCUT2D eigenvalue weighted by molar-refractivity contribution is 8.00. The molecule has 0 saturated heterocycles. The van der Waals surface area contributed by atoms with Crippen LogP contribution < -0.4 is 0 Å². The van der Waals surface area contributed by atoms with E-state index in [0.717, 1.165) is 25.7 Å². The monoisotopic (exact) mass is 294 g/mol. The summed E-state index contributed by atoms with van der Waals surface area (Å²) in [5.41, 5.74) is 2.95. The number of benzene rings is 1. The van der Waals surface area contributed by atoms with Crippen LogP contribution in [-0.2, 0) is 6.42 Å². The van der Waals surface area contributed by atoms with Crippen molar-refractivity contribution in [2.45, 2.75) is 55.4 Å². The highest BCUT2D eigenvalue weighted by Gasteiger charge is 2.54. The first-order valence-electron chi connectivity index (χ1n) is 7.27. The number of aromatic hydroxyl groups is 1. The Kier molecular flexibility index (Phi) is 3.33. The summed E-state index contributed by atoms with van der Waals surface area (Å²) in [5.74, 6) is 0.937. The van der Waals surface area contributed by atoms with Crippen molar-refractivity contribution in [1.29, 1.82) is 0 Å². The third-order valence-corrected chi connectivity index (χ3v) is 6.79. The molecule has 0 heterocycles. The summed E-state index contributed by atoms with van der Waals surface area (Å²) in [4.78, 5) is 0. The molecule has 104 valence electrons. The van der Waals surface area contributed by atoms with Gasteiger partial charge in [-0.25, -0.2) is 0 Å². The van der Waals surface area contributed by atoms with E-state index in [1.807, 2.05) is 12.1 Å². The van der Waals surface area contributed by atoms with Crippen molar-refractivity contribution in [1.82, 2.24) is 0 Å². The molecule has 1 aromatic carbocycles. The first kappa shape index (κ1) is 13.7. The first-order chi connectivity index (χ1) is 9.00. The molecule has 1 N–H and O–H groups in total. The number of phenols is 1. The summed E-state index contributed by atoms with van der Waals surface area (Å²) in [6.45, 7) is 2.28. The highest BCUT2D eigenvalue weighted by Crippen LogP contribution is 2.63. The minimum Gasteiger partial charge on any atom is -0.508 e. The maximum absolute atomic E-state index is 9.68. The van der Waals surface area contributed by atoms with Crippen LogP contribution in [0.3, 0.4) is 0 Å². The largest absolute Gasteiger partial charge is 0.508 e. The summed E-state index contributed by atoms with van der Waals surface area (Å²) >= 11 is 9.87. The van der Waals surface area contributed by atoms with E-state index in [-0.39, 0.29) is 9.49 Å². The molecule has 0 amide bonds. The Morgan fingerprint density at radius 1 is 1.32 bits per heavy atom. The van der Waals surface area contributed by atoms with Gasteiger partial charge in [-0.05, 0) is 61.3 Å². The maximum atomic E-state index is 9.68. The minimum absolute atomic E-state index is 0.166. The summed E-state index contributed by atoms with van der Waals surface area (Å²) in [7, 11) is 0. The number of hydrogen-bond acceptors (Lipinski definition) is 3. The second kappa shape index (κ2) is 4.63. The Morgan fingerprint density at radius 2 is 2.11 bits per heavy atom. The third kappa shape index (κ3) is 1.92. The van der Waals surface area contributed by atoms with Crippen molar-refractivity contribution in [2.24, 2.45) is 5.41 Å². The zero-order chi connectivity index (χ0) is 13.7. The molecule has 19 heavy (non-hydrogen) atoms. The average Bonchev–Trinajstić information content (AvgIpc) is 2.38. The molecule has 3 heteroatoms. The van der Waals surface area contributed by atoms with E-state index in [9.17, 15) is 5.11 Å². The maximum Gasteiger partial charge on any atom is 0.115 e. The molecular formula is C16H22OS2. The molecule has 0 bridgehead atoms. The minimum atomic E-state index is -0.166. The fourth-order valence-electron chi connectivity index (χ4n) is 4.40. The zero-order valence-electron chi connectivity index (χ0n) is 11.4. The van der Waals surface area contributed by atoms with E-state index in [1.54, 1.807) is 0 Å². The van der Waals surface area contributed by atoms with Crippen LogP contribution in [0.4, 0.5) is 0 Å². The van der Waals surface area contributed by atoms with Crippen LogP contribution in [0.25, 0.3) is 0 Å². The van der Waals surface area contributed by atoms with Gasteiger partial charge in [0.15, 0.2) is 0 Å². The molecule has 1 fully saturated rings. The molecule has 1 nitrogen and oxygen atoms in total. The Morgan fingerprint density at radius 3 is 2.84 bits per heavy atom. The standard InChI is InChI=1S/C16H22OS2/c1-2-15-9-7-11-10-12(17)5-6-13(11)14(15)4-3-8-16(15,18)19/h5-6,10,14,17-19H,2-4,7-9H2,1H3. The van der Waals surface area contributed by atoms with Gasteiger partial charge in [0.2, 0.25) is 0 Å². The number of aryl methyl sites for hydroxylation is 1. The van der Waals surface area contributed by atoms with Crippen molar-refractivity contribution in [3.05, 3.63) is 29.3 Å². The van der Waals surface area contributed by atoms with E-state index < -0.39 is 0 Å². The zero-order valence-corrected chi connectivity index (χ0v) is 13.2. The predicted octanol–water partition coefficient (Wildman–Crippen LogP) is 4.56. The SMILES string of the molecule is CCC12CCc3cc(O)ccc3C1CCCC2(S)S. The molecule has 2 unspecified atom stereocenters. The molecule has 3 rings (SSSR count). The highest BCUT2D eigenvalue weighted by atomic mass is 32.2. The second-order valence-corrected chi connectivity index (χ2v) is 8.03. The van der Waals surface area contributed by atoms with E-state index in [2.05, 4.69) is 13.0 Å². The van der Waals surface area contributed by atoms with Gasteiger partial charge in [0.05, 0.1) is 4.08 Å². The van der Waals surface area contributed by atoms with Gasteiger partial charge in [-0.3, -0.25) is 0 Å². The van der Waals surface area contributed by atoms with Crippen LogP contribution in [-0.4, -0.2) is 9.19 Å². The fourth-order valence-corrected chi connectivity index (χ4v) is 5.56. The normalized spacial score (nSPS) is 32.5. The lowest BCUT2D eigenvalue weighted by molar-refractivity contribution is 0.113. The van der Waals surface area contributed by atoms with E-state index >= 15 is 0 Å².